The lowest BCUT2D eigenvalue weighted by Crippen LogP contribution is -2.26. The van der Waals surface area contributed by atoms with Gasteiger partial charge in [0.05, 0.1) is 0 Å². The van der Waals surface area contributed by atoms with Crippen LogP contribution in [0.1, 0.15) is 37.3 Å². The van der Waals surface area contributed by atoms with Crippen molar-refractivity contribution in [2.75, 3.05) is 0 Å². The van der Waals surface area contributed by atoms with Crippen LogP contribution in [0.4, 0.5) is 0 Å². The van der Waals surface area contributed by atoms with E-state index in [-0.39, 0.29) is 0 Å². The van der Waals surface area contributed by atoms with Crippen LogP contribution in [0, 0.1) is 12.3 Å². The minimum absolute atomic E-state index is 0.465. The highest BCUT2D eigenvalue weighted by atomic mass is 35.5. The first-order valence-corrected chi connectivity index (χ1v) is 5.70. The summed E-state index contributed by atoms with van der Waals surface area (Å²) in [5.74, 6) is 2.03. The summed E-state index contributed by atoms with van der Waals surface area (Å²) in [5.41, 5.74) is 0.793. The van der Waals surface area contributed by atoms with Gasteiger partial charge >= 0.3 is 5.97 Å². The third-order valence-electron chi connectivity index (χ3n) is 1.96. The maximum atomic E-state index is 11.8. The zero-order valence-corrected chi connectivity index (χ0v) is 10.9. The van der Waals surface area contributed by atoms with Gasteiger partial charge in [0.1, 0.15) is 5.60 Å². The van der Waals surface area contributed by atoms with E-state index < -0.39 is 16.9 Å². The van der Waals surface area contributed by atoms with Crippen LogP contribution in [0.5, 0.6) is 0 Å². The van der Waals surface area contributed by atoms with Crippen molar-refractivity contribution in [2.24, 2.45) is 0 Å². The number of ether oxygens (including phenoxy) is 1. The number of alkyl halides is 1. The average molecular weight is 251 g/mol. The number of carbonyl (C=O) groups is 1. The fourth-order valence-corrected chi connectivity index (χ4v) is 1.46. The number of carbonyl (C=O) groups excluding carboxylic acids is 1. The number of halogens is 1. The third-order valence-corrected chi connectivity index (χ3v) is 2.39. The molecular weight excluding hydrogens is 236 g/mol. The van der Waals surface area contributed by atoms with Gasteiger partial charge in [-0.25, -0.2) is 0 Å². The maximum absolute atomic E-state index is 11.8. The van der Waals surface area contributed by atoms with Crippen molar-refractivity contribution in [1.82, 2.24) is 0 Å². The van der Waals surface area contributed by atoms with Gasteiger partial charge < -0.3 is 4.74 Å². The molecule has 0 N–H and O–H groups in total. The maximum Gasteiger partial charge on any atom is 0.329 e. The fraction of sp³-hybridized carbons (Fsp3) is 0.357. The third kappa shape index (κ3) is 4.13. The standard InChI is InChI=1S/C14H15ClO2/c1-5-10-7-6-8-11(9-10)12(15)13(16)17-14(2,3)4/h1,6-9,12H,2-4H3. The van der Waals surface area contributed by atoms with Crippen LogP contribution >= 0.6 is 11.6 Å². The van der Waals surface area contributed by atoms with E-state index in [1.165, 1.54) is 0 Å². The van der Waals surface area contributed by atoms with Crippen molar-refractivity contribution in [3.63, 3.8) is 0 Å². The van der Waals surface area contributed by atoms with Gasteiger partial charge in [0, 0.05) is 5.56 Å². The first-order chi connectivity index (χ1) is 7.83. The van der Waals surface area contributed by atoms with Gasteiger partial charge in [0.2, 0.25) is 0 Å². The predicted octanol–water partition coefficient (Wildman–Crippen LogP) is 3.29. The van der Waals surface area contributed by atoms with Crippen LogP contribution < -0.4 is 0 Å². The highest BCUT2D eigenvalue weighted by Crippen LogP contribution is 2.25. The zero-order valence-electron chi connectivity index (χ0n) is 10.2. The Hall–Kier alpha value is -1.46. The van der Waals surface area contributed by atoms with Crippen LogP contribution in [0.25, 0.3) is 0 Å². The smallest absolute Gasteiger partial charge is 0.329 e. The molecule has 90 valence electrons. The van der Waals surface area contributed by atoms with Gasteiger partial charge in [0.25, 0.3) is 0 Å². The lowest BCUT2D eigenvalue weighted by molar-refractivity contribution is -0.154. The summed E-state index contributed by atoms with van der Waals surface area (Å²) in [6.07, 6.45) is 5.29. The van der Waals surface area contributed by atoms with Crippen LogP contribution in [-0.2, 0) is 9.53 Å². The van der Waals surface area contributed by atoms with Crippen LogP contribution in [0.2, 0.25) is 0 Å². The van der Waals surface area contributed by atoms with Crippen LogP contribution in [-0.4, -0.2) is 11.6 Å². The Morgan fingerprint density at radius 2 is 2.12 bits per heavy atom. The number of hydrogen-bond donors (Lipinski definition) is 0. The quantitative estimate of drug-likeness (QED) is 0.457. The number of benzene rings is 1. The molecule has 0 heterocycles. The van der Waals surface area contributed by atoms with E-state index in [2.05, 4.69) is 5.92 Å². The van der Waals surface area contributed by atoms with Gasteiger partial charge in [0.15, 0.2) is 5.38 Å². The van der Waals surface area contributed by atoms with Crippen LogP contribution in [0.15, 0.2) is 24.3 Å². The van der Waals surface area contributed by atoms with Crippen LogP contribution in [0.3, 0.4) is 0 Å². The van der Waals surface area contributed by atoms with Crippen molar-refractivity contribution in [2.45, 2.75) is 31.7 Å². The molecule has 0 fully saturated rings. The Bertz CT molecular complexity index is 452. The molecule has 0 spiro atoms. The molecule has 1 aromatic rings. The highest BCUT2D eigenvalue weighted by Gasteiger charge is 2.24. The van der Waals surface area contributed by atoms with Crippen molar-refractivity contribution < 1.29 is 9.53 Å². The Kier molecular flexibility index (Phi) is 4.20. The summed E-state index contributed by atoms with van der Waals surface area (Å²) >= 11 is 6.05. The molecule has 0 aromatic heterocycles. The lowest BCUT2D eigenvalue weighted by atomic mass is 10.1. The molecule has 0 radical (unpaired) electrons. The Labute approximate surface area is 107 Å². The molecule has 0 bridgehead atoms. The van der Waals surface area contributed by atoms with E-state index in [0.29, 0.717) is 11.1 Å². The van der Waals surface area contributed by atoms with Gasteiger partial charge in [-0.3, -0.25) is 4.79 Å². The summed E-state index contributed by atoms with van der Waals surface area (Å²) in [7, 11) is 0. The summed E-state index contributed by atoms with van der Waals surface area (Å²) in [4.78, 5) is 11.8. The molecule has 0 aliphatic heterocycles. The van der Waals surface area contributed by atoms with Gasteiger partial charge in [-0.1, -0.05) is 18.1 Å². The molecule has 0 aliphatic carbocycles. The molecule has 0 aliphatic rings. The Morgan fingerprint density at radius 3 is 2.65 bits per heavy atom. The zero-order chi connectivity index (χ0) is 13.1. The van der Waals surface area contributed by atoms with Crippen molar-refractivity contribution in [3.8, 4) is 12.3 Å². The first-order valence-electron chi connectivity index (χ1n) is 5.27. The number of rotatable bonds is 2. The summed E-state index contributed by atoms with van der Waals surface area (Å²) < 4.78 is 5.20. The second-order valence-corrected chi connectivity index (χ2v) is 5.10. The van der Waals surface area contributed by atoms with E-state index in [1.807, 2.05) is 0 Å². The molecule has 0 saturated heterocycles. The molecular formula is C14H15ClO2. The molecule has 1 atom stereocenters. The van der Waals surface area contributed by atoms with Gasteiger partial charge in [-0.15, -0.1) is 18.0 Å². The topological polar surface area (TPSA) is 26.3 Å². The summed E-state index contributed by atoms with van der Waals surface area (Å²) in [5, 5.41) is -0.831. The fourth-order valence-electron chi connectivity index (χ4n) is 1.28. The Morgan fingerprint density at radius 1 is 1.47 bits per heavy atom. The SMILES string of the molecule is C#Cc1cccc(C(Cl)C(=O)OC(C)(C)C)c1. The van der Waals surface area contributed by atoms with E-state index in [1.54, 1.807) is 45.0 Å². The summed E-state index contributed by atoms with van der Waals surface area (Å²) in [6, 6.07) is 7.01. The highest BCUT2D eigenvalue weighted by molar-refractivity contribution is 6.30. The lowest BCUT2D eigenvalue weighted by Gasteiger charge is -2.21. The summed E-state index contributed by atoms with van der Waals surface area (Å²) in [6.45, 7) is 5.39. The predicted molar refractivity (Wildman–Crippen MR) is 68.8 cm³/mol. The number of hydrogen-bond acceptors (Lipinski definition) is 2. The van der Waals surface area contributed by atoms with E-state index >= 15 is 0 Å². The minimum Gasteiger partial charge on any atom is -0.459 e. The van der Waals surface area contributed by atoms with E-state index in [9.17, 15) is 4.79 Å². The molecule has 1 unspecified atom stereocenters. The minimum atomic E-state index is -0.831. The van der Waals surface area contributed by atoms with Gasteiger partial charge in [-0.05, 0) is 38.5 Å². The Balaban J connectivity index is 2.86. The largest absolute Gasteiger partial charge is 0.459 e. The van der Waals surface area contributed by atoms with E-state index in [4.69, 9.17) is 22.8 Å². The van der Waals surface area contributed by atoms with Gasteiger partial charge in [-0.2, -0.15) is 0 Å². The first kappa shape index (κ1) is 13.6. The molecule has 2 nitrogen and oxygen atoms in total. The van der Waals surface area contributed by atoms with Crippen molar-refractivity contribution >= 4 is 17.6 Å². The van der Waals surface area contributed by atoms with Crippen molar-refractivity contribution in [3.05, 3.63) is 35.4 Å². The monoisotopic (exact) mass is 250 g/mol. The molecule has 0 saturated carbocycles. The molecule has 17 heavy (non-hydrogen) atoms. The van der Waals surface area contributed by atoms with Crippen molar-refractivity contribution in [1.29, 1.82) is 0 Å². The number of terminal acetylenes is 1. The molecule has 3 heteroatoms. The normalized spacial score (nSPS) is 12.6. The number of esters is 1. The second-order valence-electron chi connectivity index (χ2n) is 4.67. The molecule has 1 rings (SSSR count). The second kappa shape index (κ2) is 5.25. The van der Waals surface area contributed by atoms with E-state index in [0.717, 1.165) is 0 Å². The molecule has 1 aromatic carbocycles. The average Bonchev–Trinajstić information content (AvgIpc) is 2.26. The molecule has 0 amide bonds.